The first-order chi connectivity index (χ1) is 7.15. The van der Waals surface area contributed by atoms with Crippen LogP contribution in [0, 0.1) is 20.8 Å². The Balaban J connectivity index is 2.55. The van der Waals surface area contributed by atoms with Crippen LogP contribution in [0.25, 0.3) is 0 Å². The van der Waals surface area contributed by atoms with E-state index in [9.17, 15) is 0 Å². The van der Waals surface area contributed by atoms with Crippen molar-refractivity contribution in [2.45, 2.75) is 32.9 Å². The first-order valence-electron chi connectivity index (χ1n) is 5.30. The van der Waals surface area contributed by atoms with E-state index >= 15 is 0 Å². The van der Waals surface area contributed by atoms with E-state index in [2.05, 4.69) is 29.1 Å². The zero-order chi connectivity index (χ0) is 11.3. The SMILES string of the molecule is CCNCCSc1nc(C)c(C)c(C)n1. The Hall–Kier alpha value is -0.610. The molecule has 1 aromatic heterocycles. The normalized spacial score (nSPS) is 10.7. The number of nitrogens with zero attached hydrogens (tertiary/aromatic N) is 2. The van der Waals surface area contributed by atoms with Gasteiger partial charge in [0, 0.05) is 23.7 Å². The van der Waals surface area contributed by atoms with Gasteiger partial charge in [0.05, 0.1) is 0 Å². The van der Waals surface area contributed by atoms with Crippen LogP contribution in [0.15, 0.2) is 5.16 Å². The molecule has 0 bridgehead atoms. The lowest BCUT2D eigenvalue weighted by molar-refractivity contribution is 0.766. The Morgan fingerprint density at radius 1 is 1.13 bits per heavy atom. The van der Waals surface area contributed by atoms with Crippen LogP contribution in [0.3, 0.4) is 0 Å². The van der Waals surface area contributed by atoms with Crippen molar-refractivity contribution in [1.29, 1.82) is 0 Å². The lowest BCUT2D eigenvalue weighted by atomic mass is 10.2. The summed E-state index contributed by atoms with van der Waals surface area (Å²) in [6.07, 6.45) is 0. The largest absolute Gasteiger partial charge is 0.316 e. The zero-order valence-corrected chi connectivity index (χ0v) is 10.7. The van der Waals surface area contributed by atoms with Crippen LogP contribution in [0.1, 0.15) is 23.9 Å². The van der Waals surface area contributed by atoms with Crippen LogP contribution in [-0.4, -0.2) is 28.8 Å². The van der Waals surface area contributed by atoms with Gasteiger partial charge in [0.25, 0.3) is 0 Å². The predicted molar refractivity (Wildman–Crippen MR) is 65.5 cm³/mol. The molecule has 0 fully saturated rings. The van der Waals surface area contributed by atoms with Gasteiger partial charge in [-0.3, -0.25) is 0 Å². The molecule has 0 saturated carbocycles. The molecule has 0 atom stereocenters. The first kappa shape index (κ1) is 12.5. The van der Waals surface area contributed by atoms with Crippen LogP contribution in [0.2, 0.25) is 0 Å². The molecule has 0 saturated heterocycles. The summed E-state index contributed by atoms with van der Waals surface area (Å²) in [5.74, 6) is 1.02. The lowest BCUT2D eigenvalue weighted by Crippen LogP contribution is -2.16. The average molecular weight is 225 g/mol. The minimum absolute atomic E-state index is 0.897. The minimum Gasteiger partial charge on any atom is -0.316 e. The van der Waals surface area contributed by atoms with E-state index in [0.717, 1.165) is 35.4 Å². The maximum Gasteiger partial charge on any atom is 0.188 e. The molecule has 0 spiro atoms. The van der Waals surface area contributed by atoms with E-state index in [-0.39, 0.29) is 0 Å². The average Bonchev–Trinajstić information content (AvgIpc) is 2.21. The second-order valence-electron chi connectivity index (χ2n) is 3.50. The number of aromatic nitrogens is 2. The van der Waals surface area contributed by atoms with Crippen LogP contribution in [0.4, 0.5) is 0 Å². The van der Waals surface area contributed by atoms with E-state index in [0.29, 0.717) is 0 Å². The highest BCUT2D eigenvalue weighted by Gasteiger charge is 2.04. The number of rotatable bonds is 5. The van der Waals surface area contributed by atoms with Crippen molar-refractivity contribution >= 4 is 11.8 Å². The minimum atomic E-state index is 0.897. The van der Waals surface area contributed by atoms with Crippen molar-refractivity contribution in [3.8, 4) is 0 Å². The van der Waals surface area contributed by atoms with Crippen LogP contribution < -0.4 is 5.32 Å². The molecule has 0 aliphatic rings. The summed E-state index contributed by atoms with van der Waals surface area (Å²) in [6, 6.07) is 0. The second kappa shape index (κ2) is 6.08. The molecule has 3 nitrogen and oxygen atoms in total. The van der Waals surface area contributed by atoms with E-state index in [1.165, 1.54) is 5.56 Å². The number of nitrogens with one attached hydrogen (secondary N) is 1. The van der Waals surface area contributed by atoms with Crippen molar-refractivity contribution in [1.82, 2.24) is 15.3 Å². The Labute approximate surface area is 96.1 Å². The maximum absolute atomic E-state index is 4.46. The molecule has 0 aromatic carbocycles. The Kier molecular flexibility index (Phi) is 5.05. The summed E-state index contributed by atoms with van der Waals surface area (Å²) in [6.45, 7) is 10.3. The van der Waals surface area contributed by atoms with Gasteiger partial charge in [-0.1, -0.05) is 18.7 Å². The molecule has 1 aromatic rings. The fraction of sp³-hybridized carbons (Fsp3) is 0.636. The van der Waals surface area contributed by atoms with Gasteiger partial charge >= 0.3 is 0 Å². The van der Waals surface area contributed by atoms with Gasteiger partial charge in [0.15, 0.2) is 5.16 Å². The summed E-state index contributed by atoms with van der Waals surface area (Å²) in [5, 5.41) is 4.18. The highest BCUT2D eigenvalue weighted by atomic mass is 32.2. The zero-order valence-electron chi connectivity index (χ0n) is 9.92. The van der Waals surface area contributed by atoms with Gasteiger partial charge < -0.3 is 5.32 Å². The molecule has 0 unspecified atom stereocenters. The highest BCUT2D eigenvalue weighted by Crippen LogP contribution is 2.16. The summed E-state index contributed by atoms with van der Waals surface area (Å²) in [5.41, 5.74) is 3.38. The third kappa shape index (κ3) is 3.80. The smallest absolute Gasteiger partial charge is 0.188 e. The Bertz CT molecular complexity index is 303. The summed E-state index contributed by atoms with van der Waals surface area (Å²) < 4.78 is 0. The Morgan fingerprint density at radius 3 is 2.27 bits per heavy atom. The lowest BCUT2D eigenvalue weighted by Gasteiger charge is -2.06. The summed E-state index contributed by atoms with van der Waals surface area (Å²) in [4.78, 5) is 8.91. The van der Waals surface area contributed by atoms with E-state index in [1.807, 2.05) is 13.8 Å². The van der Waals surface area contributed by atoms with E-state index in [1.54, 1.807) is 11.8 Å². The van der Waals surface area contributed by atoms with Crippen molar-refractivity contribution in [3.05, 3.63) is 17.0 Å². The van der Waals surface area contributed by atoms with Gasteiger partial charge in [-0.25, -0.2) is 9.97 Å². The standard InChI is InChI=1S/C11H19N3S/c1-5-12-6-7-15-11-13-9(3)8(2)10(4)14-11/h12H,5-7H2,1-4H3. The molecule has 84 valence electrons. The fourth-order valence-corrected chi connectivity index (χ4v) is 2.03. The molecule has 0 aliphatic carbocycles. The molecular formula is C11H19N3S. The first-order valence-corrected chi connectivity index (χ1v) is 6.29. The van der Waals surface area contributed by atoms with Crippen LogP contribution >= 0.6 is 11.8 Å². The number of hydrogen-bond donors (Lipinski definition) is 1. The highest BCUT2D eigenvalue weighted by molar-refractivity contribution is 7.99. The second-order valence-corrected chi connectivity index (χ2v) is 4.57. The van der Waals surface area contributed by atoms with Gasteiger partial charge in [0.2, 0.25) is 0 Å². The van der Waals surface area contributed by atoms with Crippen molar-refractivity contribution < 1.29 is 0 Å². The number of hydrogen-bond acceptors (Lipinski definition) is 4. The summed E-state index contributed by atoms with van der Waals surface area (Å²) in [7, 11) is 0. The topological polar surface area (TPSA) is 37.8 Å². The fourth-order valence-electron chi connectivity index (χ4n) is 1.20. The predicted octanol–water partition coefficient (Wildman–Crippen LogP) is 2.10. The third-order valence-electron chi connectivity index (χ3n) is 2.37. The molecule has 1 rings (SSSR count). The quantitative estimate of drug-likeness (QED) is 0.473. The molecule has 0 radical (unpaired) electrons. The Morgan fingerprint density at radius 2 is 1.73 bits per heavy atom. The molecular weight excluding hydrogens is 206 g/mol. The van der Waals surface area contributed by atoms with Crippen molar-refractivity contribution in [3.63, 3.8) is 0 Å². The van der Waals surface area contributed by atoms with E-state index in [4.69, 9.17) is 0 Å². The molecule has 4 heteroatoms. The molecule has 1 N–H and O–H groups in total. The van der Waals surface area contributed by atoms with Gasteiger partial charge in [-0.2, -0.15) is 0 Å². The van der Waals surface area contributed by atoms with Gasteiger partial charge in [-0.15, -0.1) is 0 Å². The van der Waals surface area contributed by atoms with Crippen molar-refractivity contribution in [2.75, 3.05) is 18.8 Å². The van der Waals surface area contributed by atoms with Crippen LogP contribution in [-0.2, 0) is 0 Å². The third-order valence-corrected chi connectivity index (χ3v) is 3.22. The van der Waals surface area contributed by atoms with Crippen LogP contribution in [0.5, 0.6) is 0 Å². The monoisotopic (exact) mass is 225 g/mol. The van der Waals surface area contributed by atoms with E-state index < -0.39 is 0 Å². The number of aryl methyl sites for hydroxylation is 2. The molecule has 0 aliphatic heterocycles. The maximum atomic E-state index is 4.46. The molecule has 0 amide bonds. The molecule has 15 heavy (non-hydrogen) atoms. The summed E-state index contributed by atoms with van der Waals surface area (Å²) >= 11 is 1.71. The van der Waals surface area contributed by atoms with Gasteiger partial charge in [-0.05, 0) is 32.9 Å². The van der Waals surface area contributed by atoms with Gasteiger partial charge in [0.1, 0.15) is 0 Å². The van der Waals surface area contributed by atoms with Crippen molar-refractivity contribution in [2.24, 2.45) is 0 Å². The number of thioether (sulfide) groups is 1. The molecule has 1 heterocycles.